The summed E-state index contributed by atoms with van der Waals surface area (Å²) in [5, 5.41) is 20.4. The van der Waals surface area contributed by atoms with Gasteiger partial charge in [0, 0.05) is 47.5 Å². The van der Waals surface area contributed by atoms with Crippen molar-refractivity contribution < 1.29 is 23.4 Å². The Morgan fingerprint density at radius 2 is 2.06 bits per heavy atom. The summed E-state index contributed by atoms with van der Waals surface area (Å²) >= 11 is 1.33. The lowest BCUT2D eigenvalue weighted by Gasteiger charge is -2.33. The SMILES string of the molecule is C#Cc1ccc2[nH]c(S(=O)(=O)N3CCN(C(=O)c4nc5c(s4)CC(C(O)CO)CC5)CC3)cc2c1. The molecule has 35 heavy (non-hydrogen) atoms. The van der Waals surface area contributed by atoms with E-state index < -0.39 is 16.1 Å². The molecule has 2 aromatic heterocycles. The number of piperazine rings is 1. The summed E-state index contributed by atoms with van der Waals surface area (Å²) in [6.07, 6.45) is 6.66. The number of nitrogens with zero attached hydrogens (tertiary/aromatic N) is 3. The summed E-state index contributed by atoms with van der Waals surface area (Å²) in [5.74, 6) is 2.31. The molecule has 1 fully saturated rings. The second-order valence-electron chi connectivity index (χ2n) is 8.92. The number of aryl methyl sites for hydroxylation is 1. The molecule has 0 bridgehead atoms. The van der Waals surface area contributed by atoms with Gasteiger partial charge in [-0.05, 0) is 49.4 Å². The van der Waals surface area contributed by atoms with Gasteiger partial charge in [-0.1, -0.05) is 5.92 Å². The van der Waals surface area contributed by atoms with Crippen LogP contribution in [0, 0.1) is 18.3 Å². The zero-order valence-electron chi connectivity index (χ0n) is 19.0. The van der Waals surface area contributed by atoms with Crippen molar-refractivity contribution >= 4 is 38.2 Å². The predicted octanol–water partition coefficient (Wildman–Crippen LogP) is 1.21. The third kappa shape index (κ3) is 4.48. The highest BCUT2D eigenvalue weighted by Gasteiger charge is 2.34. The number of rotatable bonds is 5. The molecule has 11 heteroatoms. The molecule has 2 atom stereocenters. The minimum atomic E-state index is -3.75. The first-order chi connectivity index (χ1) is 16.8. The molecule has 0 saturated carbocycles. The Morgan fingerprint density at radius 3 is 2.77 bits per heavy atom. The second-order valence-corrected chi connectivity index (χ2v) is 11.9. The first kappa shape index (κ1) is 24.0. The number of sulfonamides is 1. The summed E-state index contributed by atoms with van der Waals surface area (Å²) in [6.45, 7) is 0.650. The van der Waals surface area contributed by atoms with Crippen LogP contribution >= 0.6 is 11.3 Å². The lowest BCUT2D eigenvalue weighted by Crippen LogP contribution is -2.50. The van der Waals surface area contributed by atoms with Crippen LogP contribution < -0.4 is 0 Å². The van der Waals surface area contributed by atoms with Gasteiger partial charge in [0.25, 0.3) is 15.9 Å². The summed E-state index contributed by atoms with van der Waals surface area (Å²) < 4.78 is 27.8. The number of thiazole rings is 1. The van der Waals surface area contributed by atoms with E-state index in [1.807, 2.05) is 0 Å². The first-order valence-corrected chi connectivity index (χ1v) is 13.7. The van der Waals surface area contributed by atoms with Crippen LogP contribution in [-0.4, -0.2) is 82.6 Å². The number of terminal acetylenes is 1. The highest BCUT2D eigenvalue weighted by Crippen LogP contribution is 2.32. The topological polar surface area (TPSA) is 127 Å². The number of aliphatic hydroxyl groups excluding tert-OH is 2. The van der Waals surface area contributed by atoms with E-state index in [0.717, 1.165) is 22.4 Å². The molecule has 3 N–H and O–H groups in total. The van der Waals surface area contributed by atoms with Gasteiger partial charge in [0.15, 0.2) is 5.01 Å². The Labute approximate surface area is 207 Å². The van der Waals surface area contributed by atoms with Gasteiger partial charge in [-0.3, -0.25) is 4.79 Å². The average molecular weight is 515 g/mol. The Morgan fingerprint density at radius 1 is 1.29 bits per heavy atom. The molecule has 3 aromatic rings. The molecule has 2 unspecified atom stereocenters. The van der Waals surface area contributed by atoms with Crippen LogP contribution in [0.4, 0.5) is 0 Å². The molecule has 184 valence electrons. The summed E-state index contributed by atoms with van der Waals surface area (Å²) in [6, 6.07) is 6.87. The smallest absolute Gasteiger partial charge is 0.282 e. The van der Waals surface area contributed by atoms with E-state index in [0.29, 0.717) is 28.9 Å². The number of benzene rings is 1. The molecule has 0 spiro atoms. The minimum Gasteiger partial charge on any atom is -0.394 e. The molecule has 1 amide bonds. The van der Waals surface area contributed by atoms with Crippen LogP contribution in [0.3, 0.4) is 0 Å². The third-order valence-corrected chi connectivity index (χ3v) is 9.73. The standard InChI is InChI=1S/C24H26N4O5S2/c1-2-15-3-5-18-17(11-15)13-22(25-18)35(32,33)28-9-7-27(8-10-28)24(31)23-26-19-6-4-16(20(30)14-29)12-21(19)34-23/h1,3,5,11,13,16,20,25,29-30H,4,6-10,12,14H2. The van der Waals surface area contributed by atoms with E-state index in [4.69, 9.17) is 6.42 Å². The molecular formula is C24H26N4O5S2. The monoisotopic (exact) mass is 514 g/mol. The van der Waals surface area contributed by atoms with E-state index >= 15 is 0 Å². The van der Waals surface area contributed by atoms with Gasteiger partial charge in [0.05, 0.1) is 18.4 Å². The van der Waals surface area contributed by atoms with Gasteiger partial charge in [-0.25, -0.2) is 13.4 Å². The van der Waals surface area contributed by atoms with Crippen molar-refractivity contribution in [3.8, 4) is 12.3 Å². The molecule has 1 aliphatic heterocycles. The van der Waals surface area contributed by atoms with Crippen molar-refractivity contribution in [3.63, 3.8) is 0 Å². The maximum absolute atomic E-state index is 13.2. The molecule has 1 aliphatic carbocycles. The Hall–Kier alpha value is -2.75. The zero-order valence-corrected chi connectivity index (χ0v) is 20.6. The average Bonchev–Trinajstić information content (AvgIpc) is 3.51. The van der Waals surface area contributed by atoms with Crippen LogP contribution in [0.25, 0.3) is 10.9 Å². The van der Waals surface area contributed by atoms with Gasteiger partial charge < -0.3 is 20.1 Å². The third-order valence-electron chi connectivity index (χ3n) is 6.80. The highest BCUT2D eigenvalue weighted by molar-refractivity contribution is 7.89. The predicted molar refractivity (Wildman–Crippen MR) is 132 cm³/mol. The van der Waals surface area contributed by atoms with Crippen LogP contribution in [0.5, 0.6) is 0 Å². The number of fused-ring (bicyclic) bond motifs is 2. The van der Waals surface area contributed by atoms with Gasteiger partial charge >= 0.3 is 0 Å². The van der Waals surface area contributed by atoms with Crippen LogP contribution in [-0.2, 0) is 22.9 Å². The number of aliphatic hydroxyl groups is 2. The van der Waals surface area contributed by atoms with E-state index in [9.17, 15) is 23.4 Å². The number of aromatic amines is 1. The maximum atomic E-state index is 13.2. The van der Waals surface area contributed by atoms with Crippen molar-refractivity contribution in [2.75, 3.05) is 32.8 Å². The van der Waals surface area contributed by atoms with Crippen LogP contribution in [0.2, 0.25) is 0 Å². The van der Waals surface area contributed by atoms with E-state index in [-0.39, 0.29) is 49.6 Å². The summed E-state index contributed by atoms with van der Waals surface area (Å²) in [4.78, 5) is 23.2. The molecule has 1 saturated heterocycles. The number of aromatic nitrogens is 2. The fraction of sp³-hybridized carbons (Fsp3) is 0.417. The zero-order chi connectivity index (χ0) is 24.7. The van der Waals surface area contributed by atoms with Crippen molar-refractivity contribution in [3.05, 3.63) is 45.4 Å². The Bertz CT molecular complexity index is 1410. The minimum absolute atomic E-state index is 0.0348. The van der Waals surface area contributed by atoms with E-state index in [1.54, 1.807) is 29.2 Å². The molecular weight excluding hydrogens is 488 g/mol. The van der Waals surface area contributed by atoms with Crippen molar-refractivity contribution in [1.82, 2.24) is 19.2 Å². The Kier molecular flexibility index (Phi) is 6.41. The molecule has 5 rings (SSSR count). The quantitative estimate of drug-likeness (QED) is 0.440. The number of amides is 1. The number of hydrogen-bond donors (Lipinski definition) is 3. The van der Waals surface area contributed by atoms with Crippen molar-refractivity contribution in [2.45, 2.75) is 30.4 Å². The fourth-order valence-corrected chi connectivity index (χ4v) is 7.32. The Balaban J connectivity index is 1.26. The van der Waals surface area contributed by atoms with Crippen LogP contribution in [0.15, 0.2) is 29.3 Å². The molecule has 2 aliphatic rings. The van der Waals surface area contributed by atoms with Crippen molar-refractivity contribution in [1.29, 1.82) is 0 Å². The number of hydrogen-bond acceptors (Lipinski definition) is 7. The highest BCUT2D eigenvalue weighted by atomic mass is 32.2. The molecule has 0 radical (unpaired) electrons. The number of carbonyl (C=O) groups excluding carboxylic acids is 1. The molecule has 3 heterocycles. The van der Waals surface area contributed by atoms with Gasteiger partial charge in [0.2, 0.25) is 0 Å². The lowest BCUT2D eigenvalue weighted by atomic mass is 9.87. The van der Waals surface area contributed by atoms with Gasteiger partial charge in [-0.2, -0.15) is 4.31 Å². The second kappa shape index (κ2) is 9.37. The number of carbonyl (C=O) groups is 1. The van der Waals surface area contributed by atoms with Crippen LogP contribution in [0.1, 0.15) is 32.4 Å². The maximum Gasteiger partial charge on any atom is 0.282 e. The van der Waals surface area contributed by atoms with Gasteiger partial charge in [-0.15, -0.1) is 17.8 Å². The normalized spacial score (nSPS) is 19.9. The molecule has 9 nitrogen and oxygen atoms in total. The molecule has 1 aromatic carbocycles. The van der Waals surface area contributed by atoms with E-state index in [1.165, 1.54) is 15.6 Å². The van der Waals surface area contributed by atoms with E-state index in [2.05, 4.69) is 15.9 Å². The number of nitrogens with one attached hydrogen (secondary N) is 1. The largest absolute Gasteiger partial charge is 0.394 e. The van der Waals surface area contributed by atoms with Gasteiger partial charge in [0.1, 0.15) is 5.03 Å². The first-order valence-electron chi connectivity index (χ1n) is 11.5. The summed E-state index contributed by atoms with van der Waals surface area (Å²) in [5.41, 5.74) is 2.25. The summed E-state index contributed by atoms with van der Waals surface area (Å²) in [7, 11) is -3.75. The fourth-order valence-electron chi connectivity index (χ4n) is 4.71. The van der Waals surface area contributed by atoms with Crippen molar-refractivity contribution in [2.24, 2.45) is 5.92 Å². The number of H-pyrrole nitrogens is 1. The lowest BCUT2D eigenvalue weighted by molar-refractivity contribution is 0.0419.